The van der Waals surface area contributed by atoms with Crippen molar-refractivity contribution in [2.24, 2.45) is 0 Å². The van der Waals surface area contributed by atoms with E-state index in [1.54, 1.807) is 11.1 Å². The van der Waals surface area contributed by atoms with Crippen molar-refractivity contribution in [3.63, 3.8) is 0 Å². The molecule has 0 spiro atoms. The summed E-state index contributed by atoms with van der Waals surface area (Å²) in [6, 6.07) is 17.8. The van der Waals surface area contributed by atoms with E-state index in [2.05, 4.69) is 54.6 Å². The van der Waals surface area contributed by atoms with Crippen LogP contribution in [-0.2, 0) is 26.2 Å². The number of benzene rings is 2. The van der Waals surface area contributed by atoms with E-state index in [9.17, 15) is 0 Å². The molecule has 3 aliphatic carbocycles. The van der Waals surface area contributed by atoms with Crippen molar-refractivity contribution in [2.75, 3.05) is 0 Å². The Labute approximate surface area is 144 Å². The van der Waals surface area contributed by atoms with Crippen LogP contribution in [0.3, 0.4) is 0 Å². The minimum atomic E-state index is 0. The van der Waals surface area contributed by atoms with Crippen LogP contribution in [0.1, 0.15) is 36.3 Å². The molecule has 1 fully saturated rings. The van der Waals surface area contributed by atoms with Crippen molar-refractivity contribution in [3.8, 4) is 11.1 Å². The summed E-state index contributed by atoms with van der Waals surface area (Å²) in [5, 5.41) is 0. The van der Waals surface area contributed by atoms with Gasteiger partial charge in [-0.3, -0.25) is 6.08 Å². The molecular weight excluding hydrogens is 331 g/mol. The smallest absolute Gasteiger partial charge is 0.0144 e. The van der Waals surface area contributed by atoms with Gasteiger partial charge in [0.1, 0.15) is 0 Å². The first-order valence-electron chi connectivity index (χ1n) is 7.43. The van der Waals surface area contributed by atoms with E-state index in [1.165, 1.54) is 40.7 Å². The Morgan fingerprint density at radius 2 is 1.43 bits per heavy atom. The van der Waals surface area contributed by atoms with E-state index in [0.29, 0.717) is 5.92 Å². The van der Waals surface area contributed by atoms with Gasteiger partial charge in [0.2, 0.25) is 0 Å². The standard InChI is InChI=1S/C20H15.Zr/c1-3-7-17-15(5-1)16-6-2-4-8-18(16)20(17)19-12-10-13-9-11-14(13)19;/h1-8,20H,9,11-12H2;/q-1;. The molecule has 0 aliphatic heterocycles. The van der Waals surface area contributed by atoms with Gasteiger partial charge in [-0.1, -0.05) is 61.4 Å². The van der Waals surface area contributed by atoms with E-state index < -0.39 is 0 Å². The third-order valence-corrected chi connectivity index (χ3v) is 5.05. The molecule has 100 valence electrons. The number of allylic oxidation sites excluding steroid dienone is 4. The molecule has 3 aliphatic rings. The number of rotatable bonds is 1. The molecule has 0 amide bonds. The Balaban J connectivity index is 0.00000115. The minimum Gasteiger partial charge on any atom is -0.269 e. The van der Waals surface area contributed by atoms with Crippen molar-refractivity contribution in [3.05, 3.63) is 82.5 Å². The summed E-state index contributed by atoms with van der Waals surface area (Å²) in [6.45, 7) is 0. The molecule has 0 radical (unpaired) electrons. The predicted molar refractivity (Wildman–Crippen MR) is 81.4 cm³/mol. The second-order valence-corrected chi connectivity index (χ2v) is 5.94. The van der Waals surface area contributed by atoms with Crippen molar-refractivity contribution in [1.29, 1.82) is 0 Å². The van der Waals surface area contributed by atoms with E-state index >= 15 is 0 Å². The van der Waals surface area contributed by atoms with Crippen LogP contribution < -0.4 is 0 Å². The van der Waals surface area contributed by atoms with Gasteiger partial charge in [0, 0.05) is 32.1 Å². The van der Waals surface area contributed by atoms with E-state index in [1.807, 2.05) is 0 Å². The summed E-state index contributed by atoms with van der Waals surface area (Å²) >= 11 is 0. The quantitative estimate of drug-likeness (QED) is 0.636. The first-order chi connectivity index (χ1) is 9.93. The predicted octanol–water partition coefficient (Wildman–Crippen LogP) is 5.02. The molecule has 0 bridgehead atoms. The number of hydrogen-bond acceptors (Lipinski definition) is 0. The third kappa shape index (κ3) is 1.77. The summed E-state index contributed by atoms with van der Waals surface area (Å²) in [4.78, 5) is 0. The second kappa shape index (κ2) is 4.92. The summed E-state index contributed by atoms with van der Waals surface area (Å²) in [7, 11) is 0. The summed E-state index contributed by atoms with van der Waals surface area (Å²) in [6.07, 6.45) is 7.13. The molecule has 0 unspecified atom stereocenters. The number of hydrogen-bond donors (Lipinski definition) is 0. The van der Waals surface area contributed by atoms with Crippen LogP contribution in [0.2, 0.25) is 0 Å². The molecule has 0 N–H and O–H groups in total. The first kappa shape index (κ1) is 13.5. The Kier molecular flexibility index (Phi) is 3.15. The summed E-state index contributed by atoms with van der Waals surface area (Å²) < 4.78 is 0. The van der Waals surface area contributed by atoms with Crippen LogP contribution in [0.5, 0.6) is 0 Å². The Hall–Kier alpha value is -1.20. The average Bonchev–Trinajstić information content (AvgIpc) is 2.93. The zero-order valence-corrected chi connectivity index (χ0v) is 14.3. The number of fused-ring (bicyclic) bond motifs is 4. The van der Waals surface area contributed by atoms with E-state index in [4.69, 9.17) is 0 Å². The fraction of sp³-hybridized carbons (Fsp3) is 0.200. The van der Waals surface area contributed by atoms with Crippen molar-refractivity contribution >= 4 is 0 Å². The Morgan fingerprint density at radius 1 is 0.810 bits per heavy atom. The monoisotopic (exact) mass is 345 g/mol. The van der Waals surface area contributed by atoms with Crippen LogP contribution in [0.4, 0.5) is 0 Å². The van der Waals surface area contributed by atoms with Gasteiger partial charge >= 0.3 is 0 Å². The van der Waals surface area contributed by atoms with Gasteiger partial charge in [0.05, 0.1) is 0 Å². The topological polar surface area (TPSA) is 0 Å². The largest absolute Gasteiger partial charge is 0.269 e. The Morgan fingerprint density at radius 3 is 1.95 bits per heavy atom. The molecule has 0 aromatic heterocycles. The van der Waals surface area contributed by atoms with Crippen molar-refractivity contribution in [2.45, 2.75) is 25.2 Å². The van der Waals surface area contributed by atoms with Crippen LogP contribution in [0, 0.1) is 6.08 Å². The second-order valence-electron chi connectivity index (χ2n) is 5.94. The molecule has 2 aromatic rings. The molecule has 2 aromatic carbocycles. The molecule has 0 atom stereocenters. The van der Waals surface area contributed by atoms with E-state index in [0.717, 1.165) is 6.42 Å². The molecule has 0 nitrogen and oxygen atoms in total. The van der Waals surface area contributed by atoms with Crippen LogP contribution >= 0.6 is 0 Å². The molecular formula is C20H15Zr-. The fourth-order valence-corrected chi connectivity index (χ4v) is 4.04. The molecule has 1 heteroatoms. The van der Waals surface area contributed by atoms with Gasteiger partial charge in [-0.05, 0) is 22.3 Å². The molecule has 21 heavy (non-hydrogen) atoms. The van der Waals surface area contributed by atoms with Crippen molar-refractivity contribution < 1.29 is 26.2 Å². The molecule has 0 heterocycles. The SMILES string of the molecule is [C-]1=C2CCC2=C(C2c3ccccc3-c3ccccc32)C1.[Zr]. The summed E-state index contributed by atoms with van der Waals surface area (Å²) in [5.74, 6) is 0.475. The average molecular weight is 347 g/mol. The van der Waals surface area contributed by atoms with Gasteiger partial charge < -0.3 is 0 Å². The first-order valence-corrected chi connectivity index (χ1v) is 7.43. The molecule has 0 saturated heterocycles. The van der Waals surface area contributed by atoms with Gasteiger partial charge in [0.15, 0.2) is 0 Å². The zero-order valence-electron chi connectivity index (χ0n) is 11.8. The zero-order chi connectivity index (χ0) is 13.1. The minimum absolute atomic E-state index is 0. The molecule has 1 saturated carbocycles. The fourth-order valence-electron chi connectivity index (χ4n) is 4.04. The van der Waals surface area contributed by atoms with Crippen LogP contribution in [0.25, 0.3) is 11.1 Å². The maximum Gasteiger partial charge on any atom is 0.0144 e. The van der Waals surface area contributed by atoms with Crippen LogP contribution in [0.15, 0.2) is 65.3 Å². The van der Waals surface area contributed by atoms with Gasteiger partial charge in [-0.15, -0.1) is 6.42 Å². The maximum atomic E-state index is 3.59. The van der Waals surface area contributed by atoms with Gasteiger partial charge in [0.25, 0.3) is 0 Å². The third-order valence-electron chi connectivity index (χ3n) is 5.05. The summed E-state index contributed by atoms with van der Waals surface area (Å²) in [5.41, 5.74) is 10.6. The van der Waals surface area contributed by atoms with Gasteiger partial charge in [-0.2, -0.15) is 11.1 Å². The normalized spacial score (nSPS) is 18.4. The van der Waals surface area contributed by atoms with Crippen LogP contribution in [-0.4, -0.2) is 0 Å². The molecule has 5 rings (SSSR count). The van der Waals surface area contributed by atoms with E-state index in [-0.39, 0.29) is 26.2 Å². The maximum absolute atomic E-state index is 3.59. The Bertz CT molecular complexity index is 749. The van der Waals surface area contributed by atoms with Gasteiger partial charge in [-0.25, -0.2) is 5.57 Å². The van der Waals surface area contributed by atoms with Crippen molar-refractivity contribution in [1.82, 2.24) is 0 Å².